The van der Waals surface area contributed by atoms with Crippen LogP contribution >= 0.6 is 0 Å². The first-order valence-electron chi connectivity index (χ1n) is 10.8. The molecular formula is C22H30N4O4. The number of aromatic nitrogens is 1. The lowest BCUT2D eigenvalue weighted by molar-refractivity contribution is -0.151. The number of amides is 2. The Morgan fingerprint density at radius 2 is 1.90 bits per heavy atom. The molecule has 0 radical (unpaired) electrons. The van der Waals surface area contributed by atoms with E-state index in [1.54, 1.807) is 0 Å². The quantitative estimate of drug-likeness (QED) is 0.721. The van der Waals surface area contributed by atoms with Crippen molar-refractivity contribution >= 4 is 23.6 Å². The fourth-order valence-electron chi connectivity index (χ4n) is 4.43. The summed E-state index contributed by atoms with van der Waals surface area (Å²) in [4.78, 5) is 38.1. The minimum atomic E-state index is -0.598. The van der Waals surface area contributed by atoms with Crippen LogP contribution in [0.1, 0.15) is 74.2 Å². The van der Waals surface area contributed by atoms with Gasteiger partial charge in [-0.05, 0) is 45.1 Å². The summed E-state index contributed by atoms with van der Waals surface area (Å²) in [5, 5.41) is 12.4. The Morgan fingerprint density at radius 3 is 2.60 bits per heavy atom. The number of esters is 1. The molecule has 0 atom stereocenters. The van der Waals surface area contributed by atoms with Crippen molar-refractivity contribution in [3.63, 3.8) is 0 Å². The third-order valence-corrected chi connectivity index (χ3v) is 6.17. The predicted molar refractivity (Wildman–Crippen MR) is 111 cm³/mol. The third-order valence-electron chi connectivity index (χ3n) is 6.17. The summed E-state index contributed by atoms with van der Waals surface area (Å²) < 4.78 is 7.16. The number of ether oxygens (including phenoxy) is 1. The molecule has 1 saturated carbocycles. The number of anilines is 1. The molecule has 3 rings (SSSR count). The van der Waals surface area contributed by atoms with Gasteiger partial charge in [0.1, 0.15) is 18.4 Å². The van der Waals surface area contributed by atoms with Gasteiger partial charge in [0.2, 0.25) is 5.91 Å². The molecule has 2 heterocycles. The zero-order valence-corrected chi connectivity index (χ0v) is 17.8. The maximum absolute atomic E-state index is 12.5. The van der Waals surface area contributed by atoms with E-state index in [1.165, 1.54) is 4.90 Å². The summed E-state index contributed by atoms with van der Waals surface area (Å²) in [5.41, 5.74) is 2.29. The van der Waals surface area contributed by atoms with Crippen molar-refractivity contribution in [1.82, 2.24) is 9.47 Å². The minimum Gasteiger partial charge on any atom is -0.454 e. The molecule has 0 aromatic carbocycles. The van der Waals surface area contributed by atoms with E-state index in [0.717, 1.165) is 56.2 Å². The topological polar surface area (TPSA) is 104 Å². The normalized spacial score (nSPS) is 17.5. The van der Waals surface area contributed by atoms with Gasteiger partial charge in [-0.1, -0.05) is 19.3 Å². The Bertz CT molecular complexity index is 861. The molecule has 1 aromatic rings. The fraction of sp³-hybridized carbons (Fsp3) is 0.636. The van der Waals surface area contributed by atoms with Gasteiger partial charge in [-0.15, -0.1) is 0 Å². The summed E-state index contributed by atoms with van der Waals surface area (Å²) in [7, 11) is 0. The Balaban J connectivity index is 1.62. The van der Waals surface area contributed by atoms with Crippen molar-refractivity contribution in [2.75, 3.05) is 25.0 Å². The fourth-order valence-corrected chi connectivity index (χ4v) is 4.43. The van der Waals surface area contributed by atoms with Crippen LogP contribution in [0.4, 0.5) is 5.82 Å². The maximum Gasteiger partial charge on any atom is 0.326 e. The highest BCUT2D eigenvalue weighted by Crippen LogP contribution is 2.37. The van der Waals surface area contributed by atoms with Crippen molar-refractivity contribution in [2.45, 2.75) is 71.3 Å². The number of likely N-dealkylation sites (tertiary alicyclic amines) is 1. The number of nitriles is 1. The summed E-state index contributed by atoms with van der Waals surface area (Å²) in [6, 6.07) is 2.46. The van der Waals surface area contributed by atoms with Crippen LogP contribution in [0.25, 0.3) is 0 Å². The Labute approximate surface area is 177 Å². The van der Waals surface area contributed by atoms with Gasteiger partial charge in [0.05, 0.1) is 5.56 Å². The largest absolute Gasteiger partial charge is 0.454 e. The highest BCUT2D eigenvalue weighted by molar-refractivity contribution is 5.94. The minimum absolute atomic E-state index is 0.0482. The molecule has 1 aliphatic carbocycles. The summed E-state index contributed by atoms with van der Waals surface area (Å²) in [6.45, 7) is 3.81. The number of hydrogen-bond acceptors (Lipinski definition) is 5. The molecule has 30 heavy (non-hydrogen) atoms. The first kappa shape index (κ1) is 21.9. The zero-order chi connectivity index (χ0) is 21.7. The highest BCUT2D eigenvalue weighted by atomic mass is 16.5. The van der Waals surface area contributed by atoms with Gasteiger partial charge in [-0.3, -0.25) is 14.4 Å². The molecule has 2 aliphatic rings. The van der Waals surface area contributed by atoms with E-state index in [9.17, 15) is 19.6 Å². The second kappa shape index (κ2) is 9.79. The van der Waals surface area contributed by atoms with E-state index in [4.69, 9.17) is 4.74 Å². The standard InChI is InChI=1S/C22H30N4O4/c1-15-16(2)26(17-8-5-6-9-17)22(18(15)12-23)24-19(27)14-30-21(29)13-25-11-7-3-4-10-20(25)28/h17H,3-11,13-14H2,1-2H3,(H,24,27). The molecule has 2 fully saturated rings. The predicted octanol–water partition coefficient (Wildman–Crippen LogP) is 2.98. The first-order valence-corrected chi connectivity index (χ1v) is 10.8. The second-order valence-corrected chi connectivity index (χ2v) is 8.19. The van der Waals surface area contributed by atoms with Crippen LogP contribution in [0.5, 0.6) is 0 Å². The van der Waals surface area contributed by atoms with E-state index in [0.29, 0.717) is 24.3 Å². The van der Waals surface area contributed by atoms with Crippen molar-refractivity contribution in [1.29, 1.82) is 5.26 Å². The molecule has 0 unspecified atom stereocenters. The molecule has 162 valence electrons. The van der Waals surface area contributed by atoms with E-state index in [2.05, 4.69) is 16.0 Å². The van der Waals surface area contributed by atoms with Gasteiger partial charge >= 0.3 is 5.97 Å². The summed E-state index contributed by atoms with van der Waals surface area (Å²) in [6.07, 6.45) is 7.42. The van der Waals surface area contributed by atoms with Crippen LogP contribution in [0.15, 0.2) is 0 Å². The summed E-state index contributed by atoms with van der Waals surface area (Å²) in [5.74, 6) is -0.644. The monoisotopic (exact) mass is 414 g/mol. The van der Waals surface area contributed by atoms with Crippen LogP contribution in [-0.4, -0.2) is 46.9 Å². The molecule has 1 saturated heterocycles. The number of carbonyl (C=O) groups excluding carboxylic acids is 3. The average Bonchev–Trinajstić information content (AvgIpc) is 3.26. The van der Waals surface area contributed by atoms with E-state index in [-0.39, 0.29) is 18.5 Å². The molecule has 1 aromatic heterocycles. The second-order valence-electron chi connectivity index (χ2n) is 8.19. The van der Waals surface area contributed by atoms with Gasteiger partial charge in [-0.25, -0.2) is 0 Å². The average molecular weight is 415 g/mol. The van der Waals surface area contributed by atoms with Gasteiger partial charge in [0.15, 0.2) is 6.61 Å². The number of nitrogens with zero attached hydrogens (tertiary/aromatic N) is 3. The highest BCUT2D eigenvalue weighted by Gasteiger charge is 2.27. The molecule has 8 heteroatoms. The van der Waals surface area contributed by atoms with Crippen molar-refractivity contribution < 1.29 is 19.1 Å². The Morgan fingerprint density at radius 1 is 1.17 bits per heavy atom. The van der Waals surface area contributed by atoms with Crippen molar-refractivity contribution in [3.05, 3.63) is 16.8 Å². The Kier molecular flexibility index (Phi) is 7.14. The van der Waals surface area contributed by atoms with Crippen LogP contribution in [-0.2, 0) is 19.1 Å². The van der Waals surface area contributed by atoms with Crippen LogP contribution in [0, 0.1) is 25.2 Å². The third kappa shape index (κ3) is 4.84. The maximum atomic E-state index is 12.5. The molecule has 0 spiro atoms. The molecule has 8 nitrogen and oxygen atoms in total. The Hall–Kier alpha value is -2.82. The van der Waals surface area contributed by atoms with E-state index in [1.807, 2.05) is 13.8 Å². The first-order chi connectivity index (χ1) is 14.4. The number of nitrogens with one attached hydrogen (secondary N) is 1. The van der Waals surface area contributed by atoms with Crippen molar-refractivity contribution in [3.8, 4) is 6.07 Å². The number of hydrogen-bond donors (Lipinski definition) is 1. The van der Waals surface area contributed by atoms with Gasteiger partial charge in [0.25, 0.3) is 5.91 Å². The van der Waals surface area contributed by atoms with Crippen molar-refractivity contribution in [2.24, 2.45) is 0 Å². The number of carbonyl (C=O) groups is 3. The van der Waals surface area contributed by atoms with E-state index < -0.39 is 18.5 Å². The smallest absolute Gasteiger partial charge is 0.326 e. The molecule has 1 N–H and O–H groups in total. The van der Waals surface area contributed by atoms with Gasteiger partial charge < -0.3 is 19.5 Å². The van der Waals surface area contributed by atoms with Crippen LogP contribution in [0.3, 0.4) is 0 Å². The lowest BCUT2D eigenvalue weighted by Crippen LogP contribution is -2.36. The lowest BCUT2D eigenvalue weighted by Gasteiger charge is -2.20. The summed E-state index contributed by atoms with van der Waals surface area (Å²) >= 11 is 0. The zero-order valence-electron chi connectivity index (χ0n) is 17.8. The molecule has 0 bridgehead atoms. The molecule has 2 amide bonds. The SMILES string of the molecule is Cc1c(C#N)c(NC(=O)COC(=O)CN2CCCCCC2=O)n(C2CCCC2)c1C. The number of rotatable bonds is 6. The van der Waals surface area contributed by atoms with Gasteiger partial charge in [-0.2, -0.15) is 5.26 Å². The van der Waals surface area contributed by atoms with Gasteiger partial charge in [0, 0.05) is 24.7 Å². The van der Waals surface area contributed by atoms with Crippen LogP contribution in [0.2, 0.25) is 0 Å². The molecule has 1 aliphatic heterocycles. The van der Waals surface area contributed by atoms with Crippen LogP contribution < -0.4 is 5.32 Å². The lowest BCUT2D eigenvalue weighted by atomic mass is 10.2. The molecular weight excluding hydrogens is 384 g/mol. The van der Waals surface area contributed by atoms with E-state index >= 15 is 0 Å².